The summed E-state index contributed by atoms with van der Waals surface area (Å²) in [6.07, 6.45) is 10.9. The van der Waals surface area contributed by atoms with Crippen LogP contribution in [-0.2, 0) is 0 Å². The van der Waals surface area contributed by atoms with E-state index in [9.17, 15) is 5.11 Å². The molecule has 0 aromatic heterocycles. The van der Waals surface area contributed by atoms with Crippen LogP contribution in [-0.4, -0.2) is 35.2 Å². The zero-order chi connectivity index (χ0) is 12.3. The molecule has 0 bridgehead atoms. The van der Waals surface area contributed by atoms with Gasteiger partial charge in [0.2, 0.25) is 0 Å². The van der Waals surface area contributed by atoms with Gasteiger partial charge in [0.05, 0.1) is 6.10 Å². The van der Waals surface area contributed by atoms with Gasteiger partial charge in [-0.05, 0) is 64.5 Å². The van der Waals surface area contributed by atoms with Crippen LogP contribution in [0.5, 0.6) is 0 Å². The van der Waals surface area contributed by atoms with E-state index in [0.717, 1.165) is 6.42 Å². The van der Waals surface area contributed by atoms with Gasteiger partial charge in [0, 0.05) is 6.04 Å². The molecular weight excluding hydrogens is 210 g/mol. The van der Waals surface area contributed by atoms with Crippen molar-refractivity contribution in [2.45, 2.75) is 77.4 Å². The molecule has 0 aromatic rings. The van der Waals surface area contributed by atoms with Gasteiger partial charge in [0.25, 0.3) is 0 Å². The lowest BCUT2D eigenvalue weighted by Gasteiger charge is -2.46. The Hall–Kier alpha value is -0.0800. The second kappa shape index (κ2) is 5.71. The first kappa shape index (κ1) is 13.4. The zero-order valence-corrected chi connectivity index (χ0v) is 11.6. The maximum absolute atomic E-state index is 9.47. The molecule has 1 heterocycles. The molecule has 1 spiro atoms. The molecule has 2 nitrogen and oxygen atoms in total. The summed E-state index contributed by atoms with van der Waals surface area (Å²) < 4.78 is 0. The van der Waals surface area contributed by atoms with Crippen molar-refractivity contribution >= 4 is 0 Å². The van der Waals surface area contributed by atoms with E-state index in [4.69, 9.17) is 0 Å². The molecule has 2 aliphatic rings. The van der Waals surface area contributed by atoms with Crippen LogP contribution >= 0.6 is 0 Å². The van der Waals surface area contributed by atoms with Gasteiger partial charge >= 0.3 is 0 Å². The van der Waals surface area contributed by atoms with Gasteiger partial charge in [-0.25, -0.2) is 0 Å². The van der Waals surface area contributed by atoms with Crippen molar-refractivity contribution in [3.8, 4) is 0 Å². The fourth-order valence-electron chi connectivity index (χ4n) is 3.88. The predicted molar refractivity (Wildman–Crippen MR) is 72.1 cm³/mol. The maximum atomic E-state index is 9.47. The summed E-state index contributed by atoms with van der Waals surface area (Å²) in [4.78, 5) is 2.59. The van der Waals surface area contributed by atoms with Gasteiger partial charge in [0.1, 0.15) is 0 Å². The Labute approximate surface area is 106 Å². The lowest BCUT2D eigenvalue weighted by atomic mass is 9.68. The fraction of sp³-hybridized carbons (Fsp3) is 1.00. The van der Waals surface area contributed by atoms with Crippen LogP contribution in [0.1, 0.15) is 65.2 Å². The molecule has 17 heavy (non-hydrogen) atoms. The van der Waals surface area contributed by atoms with E-state index in [1.165, 1.54) is 58.0 Å². The molecule has 100 valence electrons. The first-order valence-corrected chi connectivity index (χ1v) is 7.53. The first-order chi connectivity index (χ1) is 8.11. The fourth-order valence-corrected chi connectivity index (χ4v) is 3.88. The summed E-state index contributed by atoms with van der Waals surface area (Å²) in [7, 11) is 0. The van der Waals surface area contributed by atoms with Crippen molar-refractivity contribution in [1.29, 1.82) is 0 Å². The molecule has 0 aromatic carbocycles. The highest BCUT2D eigenvalue weighted by Crippen LogP contribution is 2.44. The van der Waals surface area contributed by atoms with Crippen molar-refractivity contribution < 1.29 is 5.11 Å². The third kappa shape index (κ3) is 3.45. The molecule has 2 rings (SSSR count). The number of aliphatic hydroxyl groups excluding tert-OH is 1. The van der Waals surface area contributed by atoms with Crippen LogP contribution in [0.4, 0.5) is 0 Å². The van der Waals surface area contributed by atoms with E-state index >= 15 is 0 Å². The van der Waals surface area contributed by atoms with Gasteiger partial charge in [-0.3, -0.25) is 0 Å². The summed E-state index contributed by atoms with van der Waals surface area (Å²) in [6, 6.07) is 0.552. The Balaban J connectivity index is 1.80. The van der Waals surface area contributed by atoms with Gasteiger partial charge in [-0.1, -0.05) is 19.3 Å². The Morgan fingerprint density at radius 1 is 1.00 bits per heavy atom. The van der Waals surface area contributed by atoms with Crippen LogP contribution in [0.15, 0.2) is 0 Å². The largest absolute Gasteiger partial charge is 0.393 e. The average Bonchev–Trinajstić information content (AvgIpc) is 2.30. The SMILES string of the molecule is CC(O)CC(C)N1CCC2(CCCCC2)CC1. The van der Waals surface area contributed by atoms with Crippen molar-refractivity contribution in [3.63, 3.8) is 0 Å². The average molecular weight is 239 g/mol. The molecule has 0 radical (unpaired) electrons. The smallest absolute Gasteiger partial charge is 0.0526 e. The molecule has 2 heteroatoms. The lowest BCUT2D eigenvalue weighted by Crippen LogP contribution is -2.45. The monoisotopic (exact) mass is 239 g/mol. The highest BCUT2D eigenvalue weighted by molar-refractivity contribution is 4.89. The Bertz CT molecular complexity index is 223. The molecule has 2 atom stereocenters. The van der Waals surface area contributed by atoms with E-state index in [-0.39, 0.29) is 6.10 Å². The van der Waals surface area contributed by atoms with Crippen LogP contribution in [0, 0.1) is 5.41 Å². The van der Waals surface area contributed by atoms with Gasteiger partial charge in [-0.15, -0.1) is 0 Å². The number of rotatable bonds is 3. The number of piperidine rings is 1. The standard InChI is InChI=1S/C15H29NO/c1-13(12-14(2)17)16-10-8-15(9-11-16)6-4-3-5-7-15/h13-14,17H,3-12H2,1-2H3. The second-order valence-electron chi connectivity index (χ2n) is 6.53. The molecule has 1 aliphatic carbocycles. The Kier molecular flexibility index (Phi) is 4.48. The quantitative estimate of drug-likeness (QED) is 0.817. The normalized spacial score (nSPS) is 29.1. The van der Waals surface area contributed by atoms with Crippen LogP contribution in [0.3, 0.4) is 0 Å². The highest BCUT2D eigenvalue weighted by Gasteiger charge is 2.36. The number of nitrogens with zero attached hydrogens (tertiary/aromatic N) is 1. The summed E-state index contributed by atoms with van der Waals surface area (Å²) in [5, 5.41) is 9.47. The Morgan fingerprint density at radius 2 is 1.59 bits per heavy atom. The Morgan fingerprint density at radius 3 is 2.12 bits per heavy atom. The van der Waals surface area contributed by atoms with E-state index in [2.05, 4.69) is 11.8 Å². The topological polar surface area (TPSA) is 23.5 Å². The summed E-state index contributed by atoms with van der Waals surface area (Å²) in [6.45, 7) is 6.69. The third-order valence-electron chi connectivity index (χ3n) is 5.08. The number of hydrogen-bond acceptors (Lipinski definition) is 2. The van der Waals surface area contributed by atoms with E-state index < -0.39 is 0 Å². The van der Waals surface area contributed by atoms with Crippen LogP contribution < -0.4 is 0 Å². The third-order valence-corrected chi connectivity index (χ3v) is 5.08. The van der Waals surface area contributed by atoms with Crippen molar-refractivity contribution in [2.75, 3.05) is 13.1 Å². The van der Waals surface area contributed by atoms with E-state index in [0.29, 0.717) is 11.5 Å². The lowest BCUT2D eigenvalue weighted by molar-refractivity contribution is 0.0351. The summed E-state index contributed by atoms with van der Waals surface area (Å²) in [5.41, 5.74) is 0.708. The van der Waals surface area contributed by atoms with Crippen molar-refractivity contribution in [2.24, 2.45) is 5.41 Å². The molecule has 1 saturated heterocycles. The zero-order valence-electron chi connectivity index (χ0n) is 11.6. The number of likely N-dealkylation sites (tertiary alicyclic amines) is 1. The first-order valence-electron chi connectivity index (χ1n) is 7.53. The minimum absolute atomic E-state index is 0.157. The summed E-state index contributed by atoms with van der Waals surface area (Å²) >= 11 is 0. The predicted octanol–water partition coefficient (Wildman–Crippen LogP) is 3.19. The highest BCUT2D eigenvalue weighted by atomic mass is 16.3. The number of hydrogen-bond donors (Lipinski definition) is 1. The molecule has 0 amide bonds. The van der Waals surface area contributed by atoms with Crippen molar-refractivity contribution in [1.82, 2.24) is 4.90 Å². The van der Waals surface area contributed by atoms with Gasteiger partial charge in [0.15, 0.2) is 0 Å². The van der Waals surface area contributed by atoms with Gasteiger partial charge < -0.3 is 10.0 Å². The minimum Gasteiger partial charge on any atom is -0.393 e. The summed E-state index contributed by atoms with van der Waals surface area (Å²) in [5.74, 6) is 0. The molecule has 1 N–H and O–H groups in total. The minimum atomic E-state index is -0.157. The molecule has 1 aliphatic heterocycles. The van der Waals surface area contributed by atoms with Crippen molar-refractivity contribution in [3.05, 3.63) is 0 Å². The molecule has 1 saturated carbocycles. The van der Waals surface area contributed by atoms with Crippen LogP contribution in [0.2, 0.25) is 0 Å². The number of aliphatic hydroxyl groups is 1. The van der Waals surface area contributed by atoms with E-state index in [1.807, 2.05) is 6.92 Å². The maximum Gasteiger partial charge on any atom is 0.0526 e. The molecular formula is C15H29NO. The van der Waals surface area contributed by atoms with E-state index in [1.54, 1.807) is 0 Å². The van der Waals surface area contributed by atoms with Gasteiger partial charge in [-0.2, -0.15) is 0 Å². The molecule has 2 unspecified atom stereocenters. The van der Waals surface area contributed by atoms with Crippen LogP contribution in [0.25, 0.3) is 0 Å². The molecule has 2 fully saturated rings. The second-order valence-corrected chi connectivity index (χ2v) is 6.53.